The molecular weight excluding hydrogens is 278 g/mol. The quantitative estimate of drug-likeness (QED) is 0.833. The van der Waals surface area contributed by atoms with Gasteiger partial charge in [0, 0.05) is 43.9 Å². The molecule has 2 aliphatic rings. The smallest absolute Gasteiger partial charge is 0.266 e. The molecule has 3 heterocycles. The molecule has 0 unspecified atom stereocenters. The number of hydrogen-bond donors (Lipinski definition) is 0. The van der Waals surface area contributed by atoms with Gasteiger partial charge in [0.05, 0.1) is 24.3 Å². The summed E-state index contributed by atoms with van der Waals surface area (Å²) in [4.78, 5) is 18.5. The lowest BCUT2D eigenvalue weighted by Crippen LogP contribution is -2.49. The fraction of sp³-hybridized carbons (Fsp3) is 0.562. The number of rotatable bonds is 5. The summed E-state index contributed by atoms with van der Waals surface area (Å²) in [6, 6.07) is 4.06. The van der Waals surface area contributed by atoms with Gasteiger partial charge in [0.25, 0.3) is 5.56 Å². The SMILES string of the molecule is Cc1ccc(=O)n(CC2CN(Cc3cncn3C3CC3)C2)n1. The van der Waals surface area contributed by atoms with Crippen molar-refractivity contribution in [3.05, 3.63) is 46.4 Å². The molecule has 22 heavy (non-hydrogen) atoms. The molecule has 1 aliphatic carbocycles. The van der Waals surface area contributed by atoms with Crippen molar-refractivity contribution in [1.82, 2.24) is 24.2 Å². The van der Waals surface area contributed by atoms with Crippen molar-refractivity contribution in [2.24, 2.45) is 5.92 Å². The van der Waals surface area contributed by atoms with E-state index in [1.807, 2.05) is 19.4 Å². The second-order valence-corrected chi connectivity index (χ2v) is 6.58. The van der Waals surface area contributed by atoms with Crippen molar-refractivity contribution in [2.45, 2.75) is 38.9 Å². The van der Waals surface area contributed by atoms with Gasteiger partial charge in [-0.15, -0.1) is 0 Å². The average molecular weight is 299 g/mol. The van der Waals surface area contributed by atoms with Crippen molar-refractivity contribution in [1.29, 1.82) is 0 Å². The molecule has 116 valence electrons. The minimum absolute atomic E-state index is 0.00383. The number of hydrogen-bond acceptors (Lipinski definition) is 4. The molecule has 2 fully saturated rings. The second kappa shape index (κ2) is 5.35. The van der Waals surface area contributed by atoms with Crippen LogP contribution in [0.15, 0.2) is 29.5 Å². The van der Waals surface area contributed by atoms with Gasteiger partial charge in [-0.05, 0) is 25.8 Å². The predicted molar refractivity (Wildman–Crippen MR) is 82.5 cm³/mol. The van der Waals surface area contributed by atoms with Crippen LogP contribution in [0.5, 0.6) is 0 Å². The van der Waals surface area contributed by atoms with Crippen LogP contribution in [0, 0.1) is 12.8 Å². The van der Waals surface area contributed by atoms with Gasteiger partial charge in [0.15, 0.2) is 0 Å². The van der Waals surface area contributed by atoms with Crippen LogP contribution in [0.4, 0.5) is 0 Å². The van der Waals surface area contributed by atoms with Crippen molar-refractivity contribution in [2.75, 3.05) is 13.1 Å². The van der Waals surface area contributed by atoms with Gasteiger partial charge >= 0.3 is 0 Å². The predicted octanol–water partition coefficient (Wildman–Crippen LogP) is 1.22. The van der Waals surface area contributed by atoms with E-state index in [9.17, 15) is 4.79 Å². The maximum absolute atomic E-state index is 11.8. The summed E-state index contributed by atoms with van der Waals surface area (Å²) in [5.74, 6) is 0.518. The van der Waals surface area contributed by atoms with E-state index in [1.54, 1.807) is 16.8 Å². The first-order chi connectivity index (χ1) is 10.7. The molecule has 0 bridgehead atoms. The van der Waals surface area contributed by atoms with Gasteiger partial charge in [0.1, 0.15) is 0 Å². The van der Waals surface area contributed by atoms with E-state index in [0.717, 1.165) is 31.9 Å². The molecule has 0 N–H and O–H groups in total. The molecule has 6 heteroatoms. The fourth-order valence-corrected chi connectivity index (χ4v) is 3.21. The molecule has 6 nitrogen and oxygen atoms in total. The van der Waals surface area contributed by atoms with E-state index in [1.165, 1.54) is 18.5 Å². The second-order valence-electron chi connectivity index (χ2n) is 6.58. The third kappa shape index (κ3) is 2.70. The molecule has 2 aromatic rings. The zero-order chi connectivity index (χ0) is 15.1. The zero-order valence-electron chi connectivity index (χ0n) is 12.9. The topological polar surface area (TPSA) is 56.0 Å². The zero-order valence-corrected chi connectivity index (χ0v) is 12.9. The fourth-order valence-electron chi connectivity index (χ4n) is 3.21. The van der Waals surface area contributed by atoms with Crippen LogP contribution in [0.2, 0.25) is 0 Å². The first-order valence-corrected chi connectivity index (χ1v) is 7.97. The summed E-state index contributed by atoms with van der Waals surface area (Å²) < 4.78 is 3.92. The van der Waals surface area contributed by atoms with Crippen LogP contribution in [-0.2, 0) is 13.1 Å². The highest BCUT2D eigenvalue weighted by molar-refractivity contribution is 5.04. The Morgan fingerprint density at radius 1 is 1.27 bits per heavy atom. The molecule has 0 atom stereocenters. The molecule has 2 aromatic heterocycles. The summed E-state index contributed by atoms with van der Waals surface area (Å²) in [5, 5.41) is 4.31. The Morgan fingerprint density at radius 3 is 2.86 bits per heavy atom. The van der Waals surface area contributed by atoms with Gasteiger partial charge in [-0.3, -0.25) is 9.69 Å². The van der Waals surface area contributed by atoms with Crippen LogP contribution in [0.3, 0.4) is 0 Å². The molecule has 0 spiro atoms. The third-order valence-corrected chi connectivity index (χ3v) is 4.54. The Balaban J connectivity index is 1.33. The molecule has 0 amide bonds. The van der Waals surface area contributed by atoms with Crippen molar-refractivity contribution in [3.8, 4) is 0 Å². The number of likely N-dealkylation sites (tertiary alicyclic amines) is 1. The number of aryl methyl sites for hydroxylation is 1. The van der Waals surface area contributed by atoms with Gasteiger partial charge in [-0.1, -0.05) is 0 Å². The van der Waals surface area contributed by atoms with Gasteiger partial charge in [0.2, 0.25) is 0 Å². The van der Waals surface area contributed by atoms with Crippen LogP contribution < -0.4 is 5.56 Å². The Labute approximate surface area is 129 Å². The highest BCUT2D eigenvalue weighted by Crippen LogP contribution is 2.36. The summed E-state index contributed by atoms with van der Waals surface area (Å²) >= 11 is 0. The maximum Gasteiger partial charge on any atom is 0.266 e. The molecule has 1 saturated heterocycles. The molecule has 0 radical (unpaired) electrons. The lowest BCUT2D eigenvalue weighted by molar-refractivity contribution is 0.0741. The Kier molecular flexibility index (Phi) is 3.33. The molecule has 1 saturated carbocycles. The number of nitrogens with zero attached hydrogens (tertiary/aromatic N) is 5. The van der Waals surface area contributed by atoms with Crippen LogP contribution in [-0.4, -0.2) is 37.3 Å². The molecule has 4 rings (SSSR count). The Morgan fingerprint density at radius 2 is 2.09 bits per heavy atom. The first kappa shape index (κ1) is 13.7. The monoisotopic (exact) mass is 299 g/mol. The number of imidazole rings is 1. The van der Waals surface area contributed by atoms with Gasteiger partial charge in [-0.2, -0.15) is 5.10 Å². The minimum atomic E-state index is -0.00383. The highest BCUT2D eigenvalue weighted by atomic mass is 16.1. The standard InChI is InChI=1S/C16H21N5O/c1-12-2-5-16(22)21(18-12)9-13-7-19(8-13)10-15-6-17-11-20(15)14-3-4-14/h2,5-6,11,13-14H,3-4,7-10H2,1H3. The van der Waals surface area contributed by atoms with Crippen molar-refractivity contribution >= 4 is 0 Å². The maximum atomic E-state index is 11.8. The van der Waals surface area contributed by atoms with E-state index >= 15 is 0 Å². The van der Waals surface area contributed by atoms with E-state index in [2.05, 4.69) is 19.5 Å². The Hall–Kier alpha value is -1.95. The Bertz CT molecular complexity index is 724. The summed E-state index contributed by atoms with van der Waals surface area (Å²) in [6.45, 7) is 5.65. The molecule has 0 aromatic carbocycles. The van der Waals surface area contributed by atoms with Gasteiger partial charge in [-0.25, -0.2) is 9.67 Å². The number of aromatic nitrogens is 4. The van der Waals surface area contributed by atoms with E-state index in [-0.39, 0.29) is 5.56 Å². The average Bonchev–Trinajstić information content (AvgIpc) is 3.20. The van der Waals surface area contributed by atoms with Crippen LogP contribution in [0.1, 0.15) is 30.3 Å². The summed E-state index contributed by atoms with van der Waals surface area (Å²) in [7, 11) is 0. The van der Waals surface area contributed by atoms with Crippen LogP contribution >= 0.6 is 0 Å². The van der Waals surface area contributed by atoms with E-state index in [4.69, 9.17) is 0 Å². The lowest BCUT2D eigenvalue weighted by Gasteiger charge is -2.39. The van der Waals surface area contributed by atoms with Gasteiger partial charge < -0.3 is 4.57 Å². The minimum Gasteiger partial charge on any atom is -0.330 e. The van der Waals surface area contributed by atoms with Crippen molar-refractivity contribution < 1.29 is 0 Å². The van der Waals surface area contributed by atoms with E-state index in [0.29, 0.717) is 12.0 Å². The van der Waals surface area contributed by atoms with Crippen LogP contribution in [0.25, 0.3) is 0 Å². The summed E-state index contributed by atoms with van der Waals surface area (Å²) in [6.07, 6.45) is 6.51. The first-order valence-electron chi connectivity index (χ1n) is 7.97. The lowest BCUT2D eigenvalue weighted by atomic mass is 10.00. The normalized spacial score (nSPS) is 19.3. The largest absolute Gasteiger partial charge is 0.330 e. The highest BCUT2D eigenvalue weighted by Gasteiger charge is 2.30. The molecule has 1 aliphatic heterocycles. The van der Waals surface area contributed by atoms with Crippen molar-refractivity contribution in [3.63, 3.8) is 0 Å². The van der Waals surface area contributed by atoms with E-state index < -0.39 is 0 Å². The summed E-state index contributed by atoms with van der Waals surface area (Å²) in [5.41, 5.74) is 2.20. The molecular formula is C16H21N5O. The third-order valence-electron chi connectivity index (χ3n) is 4.54.